The maximum atomic E-state index is 2.41. The Labute approximate surface area is 385 Å². The molecule has 0 saturated carbocycles. The van der Waals surface area contributed by atoms with E-state index in [1.165, 1.54) is 88.2 Å². The van der Waals surface area contributed by atoms with Crippen LogP contribution in [0.2, 0.25) is 0 Å². The van der Waals surface area contributed by atoms with Crippen LogP contribution in [-0.2, 0) is 0 Å². The van der Waals surface area contributed by atoms with Gasteiger partial charge in [-0.2, -0.15) is 0 Å². The van der Waals surface area contributed by atoms with Gasteiger partial charge in [-0.05, 0) is 122 Å². The smallest absolute Gasteiger partial charge is 0.0541 e. The van der Waals surface area contributed by atoms with Crippen LogP contribution >= 0.6 is 0 Å². The molecule has 0 N–H and O–H groups in total. The zero-order valence-corrected chi connectivity index (χ0v) is 36.3. The topological polar surface area (TPSA) is 8.17 Å². The van der Waals surface area contributed by atoms with Crippen molar-refractivity contribution < 1.29 is 0 Å². The Morgan fingerprint density at radius 2 is 0.621 bits per heavy atom. The van der Waals surface area contributed by atoms with Crippen molar-refractivity contribution in [3.8, 4) is 61.3 Å². The van der Waals surface area contributed by atoms with Crippen molar-refractivity contribution in [2.75, 3.05) is 4.90 Å². The van der Waals surface area contributed by atoms with E-state index < -0.39 is 0 Å². The van der Waals surface area contributed by atoms with Gasteiger partial charge in [0.25, 0.3) is 0 Å². The molecule has 310 valence electrons. The molecule has 0 amide bonds. The number of hydrogen-bond acceptors (Lipinski definition) is 1. The largest absolute Gasteiger partial charge is 0.310 e. The highest BCUT2D eigenvalue weighted by Crippen LogP contribution is 2.43. The van der Waals surface area contributed by atoms with Crippen LogP contribution in [0.3, 0.4) is 0 Å². The molecule has 12 aromatic rings. The Balaban J connectivity index is 0.925. The van der Waals surface area contributed by atoms with Crippen molar-refractivity contribution in [1.82, 2.24) is 4.57 Å². The number of fused-ring (bicyclic) bond motifs is 4. The summed E-state index contributed by atoms with van der Waals surface area (Å²) in [5.41, 5.74) is 18.8. The predicted molar refractivity (Wildman–Crippen MR) is 280 cm³/mol. The van der Waals surface area contributed by atoms with Gasteiger partial charge >= 0.3 is 0 Å². The molecule has 0 fully saturated rings. The summed E-state index contributed by atoms with van der Waals surface area (Å²) < 4.78 is 2.37. The van der Waals surface area contributed by atoms with Gasteiger partial charge in [0.1, 0.15) is 0 Å². The maximum absolute atomic E-state index is 2.41. The van der Waals surface area contributed by atoms with E-state index in [0.717, 1.165) is 22.7 Å². The molecule has 0 aliphatic heterocycles. The molecule has 0 aliphatic carbocycles. The summed E-state index contributed by atoms with van der Waals surface area (Å²) in [7, 11) is 0. The zero-order chi connectivity index (χ0) is 43.8. The molecular weight excluding hydrogens is 797 g/mol. The molecule has 2 nitrogen and oxygen atoms in total. The third kappa shape index (κ3) is 7.12. The molecule has 0 bridgehead atoms. The number of aromatic nitrogens is 1. The molecule has 0 atom stereocenters. The zero-order valence-electron chi connectivity index (χ0n) is 36.3. The minimum atomic E-state index is 1.09. The van der Waals surface area contributed by atoms with Gasteiger partial charge in [-0.15, -0.1) is 0 Å². The summed E-state index contributed by atoms with van der Waals surface area (Å²) in [4.78, 5) is 2.41. The van der Waals surface area contributed by atoms with Crippen LogP contribution in [0, 0.1) is 0 Å². The number of anilines is 3. The van der Waals surface area contributed by atoms with Crippen molar-refractivity contribution in [2.24, 2.45) is 0 Å². The molecule has 0 saturated heterocycles. The molecule has 66 heavy (non-hydrogen) atoms. The highest BCUT2D eigenvalue weighted by molar-refractivity contribution is 6.09. The number of hydrogen-bond donors (Lipinski definition) is 0. The molecule has 12 rings (SSSR count). The molecule has 1 aromatic heterocycles. The van der Waals surface area contributed by atoms with Crippen LogP contribution in [0.1, 0.15) is 0 Å². The third-order valence-electron chi connectivity index (χ3n) is 13.0. The fourth-order valence-corrected chi connectivity index (χ4v) is 9.75. The summed E-state index contributed by atoms with van der Waals surface area (Å²) in [6, 6.07) is 96.8. The summed E-state index contributed by atoms with van der Waals surface area (Å²) in [5, 5.41) is 4.93. The predicted octanol–water partition coefficient (Wildman–Crippen LogP) is 17.7. The quantitative estimate of drug-likeness (QED) is 0.141. The van der Waals surface area contributed by atoms with Gasteiger partial charge in [0.15, 0.2) is 0 Å². The van der Waals surface area contributed by atoms with Crippen LogP contribution in [0.5, 0.6) is 0 Å². The highest BCUT2D eigenvalue weighted by atomic mass is 15.1. The van der Waals surface area contributed by atoms with E-state index in [1.54, 1.807) is 0 Å². The standard InChI is InChI=1S/C64H44N2/c1-3-14-45(15-4-1)47-26-28-48(29-27-47)49-30-36-54(37-31-49)65(64-43-42-57(58-20-7-8-21-59(58)64)53-19-13-18-52(44-53)46-16-5-2-6-17-46)55-38-32-50(33-39-55)51-34-40-56(41-35-51)66-62-24-11-9-22-60(62)61-23-10-12-25-63(61)66/h1-44H. The molecule has 0 radical (unpaired) electrons. The van der Waals surface area contributed by atoms with Crippen molar-refractivity contribution in [2.45, 2.75) is 0 Å². The average molecular weight is 841 g/mol. The van der Waals surface area contributed by atoms with E-state index >= 15 is 0 Å². The Hall–Kier alpha value is -8.72. The van der Waals surface area contributed by atoms with Gasteiger partial charge < -0.3 is 9.47 Å². The van der Waals surface area contributed by atoms with Crippen molar-refractivity contribution >= 4 is 49.6 Å². The lowest BCUT2D eigenvalue weighted by Crippen LogP contribution is -2.10. The van der Waals surface area contributed by atoms with Gasteiger partial charge in [0.05, 0.1) is 16.7 Å². The molecule has 0 aliphatic rings. The second-order valence-electron chi connectivity index (χ2n) is 16.9. The summed E-state index contributed by atoms with van der Waals surface area (Å²) >= 11 is 0. The first kappa shape index (κ1) is 38.9. The Morgan fingerprint density at radius 1 is 0.242 bits per heavy atom. The van der Waals surface area contributed by atoms with Crippen LogP contribution < -0.4 is 4.90 Å². The van der Waals surface area contributed by atoms with Crippen LogP contribution in [0.25, 0.3) is 93.9 Å². The van der Waals surface area contributed by atoms with E-state index in [2.05, 4.69) is 276 Å². The van der Waals surface area contributed by atoms with Crippen LogP contribution in [-0.4, -0.2) is 4.57 Å². The Morgan fingerprint density at radius 3 is 1.15 bits per heavy atom. The van der Waals surface area contributed by atoms with Gasteiger partial charge in [-0.1, -0.05) is 206 Å². The number of nitrogens with zero attached hydrogens (tertiary/aromatic N) is 2. The monoisotopic (exact) mass is 840 g/mol. The Bertz CT molecular complexity index is 3590. The fraction of sp³-hybridized carbons (Fsp3) is 0. The summed E-state index contributed by atoms with van der Waals surface area (Å²) in [6.45, 7) is 0. The normalized spacial score (nSPS) is 11.3. The van der Waals surface area contributed by atoms with Gasteiger partial charge in [0, 0.05) is 33.2 Å². The molecule has 0 unspecified atom stereocenters. The van der Waals surface area contributed by atoms with Crippen LogP contribution in [0.4, 0.5) is 17.1 Å². The lowest BCUT2D eigenvalue weighted by atomic mass is 9.94. The van der Waals surface area contributed by atoms with E-state index in [-0.39, 0.29) is 0 Å². The fourth-order valence-electron chi connectivity index (χ4n) is 9.75. The van der Waals surface area contributed by atoms with Gasteiger partial charge in [-0.3, -0.25) is 0 Å². The number of para-hydroxylation sites is 2. The lowest BCUT2D eigenvalue weighted by Gasteiger charge is -2.28. The molecule has 1 heterocycles. The van der Waals surface area contributed by atoms with E-state index in [1.807, 2.05) is 0 Å². The molecule has 2 heteroatoms. The van der Waals surface area contributed by atoms with E-state index in [0.29, 0.717) is 0 Å². The van der Waals surface area contributed by atoms with Gasteiger partial charge in [0.2, 0.25) is 0 Å². The molecule has 0 spiro atoms. The minimum Gasteiger partial charge on any atom is -0.310 e. The average Bonchev–Trinajstić information content (AvgIpc) is 3.74. The SMILES string of the molecule is c1ccc(-c2ccc(-c3ccc(N(c4ccc(-c5ccc(-n6c7ccccc7c7ccccc76)cc5)cc4)c4ccc(-c5cccc(-c6ccccc6)c5)c5ccccc45)cc3)cc2)cc1. The molecular formula is C64H44N2. The molecule has 11 aromatic carbocycles. The first-order chi connectivity index (χ1) is 32.7. The van der Waals surface area contributed by atoms with Crippen molar-refractivity contribution in [3.05, 3.63) is 267 Å². The first-order valence-electron chi connectivity index (χ1n) is 22.7. The van der Waals surface area contributed by atoms with Crippen molar-refractivity contribution in [1.29, 1.82) is 0 Å². The maximum Gasteiger partial charge on any atom is 0.0541 e. The van der Waals surface area contributed by atoms with Crippen molar-refractivity contribution in [3.63, 3.8) is 0 Å². The summed E-state index contributed by atoms with van der Waals surface area (Å²) in [5.74, 6) is 0. The minimum absolute atomic E-state index is 1.09. The lowest BCUT2D eigenvalue weighted by molar-refractivity contribution is 1.18. The van der Waals surface area contributed by atoms with Crippen LogP contribution in [0.15, 0.2) is 267 Å². The Kier molecular flexibility index (Phi) is 9.89. The second kappa shape index (κ2) is 16.8. The summed E-state index contributed by atoms with van der Waals surface area (Å²) in [6.07, 6.45) is 0. The first-order valence-corrected chi connectivity index (χ1v) is 22.7. The third-order valence-corrected chi connectivity index (χ3v) is 13.0. The van der Waals surface area contributed by atoms with Gasteiger partial charge in [-0.25, -0.2) is 0 Å². The highest BCUT2D eigenvalue weighted by Gasteiger charge is 2.19. The van der Waals surface area contributed by atoms with E-state index in [4.69, 9.17) is 0 Å². The number of benzene rings is 11. The van der Waals surface area contributed by atoms with E-state index in [9.17, 15) is 0 Å². The second-order valence-corrected chi connectivity index (χ2v) is 16.9. The number of rotatable bonds is 9.